The molecule has 0 fully saturated rings. The normalized spacial score (nSPS) is 11.2. The number of hydrogen-bond acceptors (Lipinski definition) is 4. The number of halogens is 1. The Balaban J connectivity index is 1.83. The second-order valence-electron chi connectivity index (χ2n) is 4.84. The molecule has 0 radical (unpaired) electrons. The third-order valence-corrected chi connectivity index (χ3v) is 3.88. The van der Waals surface area contributed by atoms with Gasteiger partial charge in [0.15, 0.2) is 0 Å². The monoisotopic (exact) mass is 312 g/mol. The molecular weight excluding hydrogens is 299 g/mol. The number of nitrogens with zero attached hydrogens (tertiary/aromatic N) is 2. The maximum absolute atomic E-state index is 12.9. The van der Waals surface area contributed by atoms with Crippen LogP contribution in [0.4, 0.5) is 9.52 Å². The number of phenolic OH excluding ortho intramolecular Hbond substituents is 1. The van der Waals surface area contributed by atoms with E-state index in [4.69, 9.17) is 0 Å². The van der Waals surface area contributed by atoms with Crippen LogP contribution in [0.15, 0.2) is 52.8 Å². The van der Waals surface area contributed by atoms with E-state index >= 15 is 0 Å². The third kappa shape index (κ3) is 3.20. The molecule has 0 atom stereocenters. The summed E-state index contributed by atoms with van der Waals surface area (Å²) in [6, 6.07) is 11.5. The Labute approximate surface area is 131 Å². The third-order valence-electron chi connectivity index (χ3n) is 3.13. The highest BCUT2D eigenvalue weighted by Crippen LogP contribution is 2.27. The van der Waals surface area contributed by atoms with Gasteiger partial charge in [-0.2, -0.15) is 0 Å². The molecule has 2 aromatic carbocycles. The van der Waals surface area contributed by atoms with E-state index in [1.807, 2.05) is 24.4 Å². The van der Waals surface area contributed by atoms with Crippen LogP contribution in [-0.4, -0.2) is 16.3 Å². The Hall–Kier alpha value is -2.53. The first kappa shape index (κ1) is 14.4. The summed E-state index contributed by atoms with van der Waals surface area (Å²) < 4.78 is 12.9. The lowest BCUT2D eigenvalue weighted by atomic mass is 10.1. The SMILES string of the molecule is Cc1ccc(O)c(/C=N/c2nc(-c3ccc(F)cc3)cs2)c1. The van der Waals surface area contributed by atoms with Crippen molar-refractivity contribution in [3.63, 3.8) is 0 Å². The zero-order chi connectivity index (χ0) is 15.5. The molecule has 0 saturated heterocycles. The predicted octanol–water partition coefficient (Wildman–Crippen LogP) is 4.71. The van der Waals surface area contributed by atoms with E-state index in [0.717, 1.165) is 16.8 Å². The van der Waals surface area contributed by atoms with Crippen molar-refractivity contribution in [1.82, 2.24) is 4.98 Å². The molecule has 0 bridgehead atoms. The summed E-state index contributed by atoms with van der Waals surface area (Å²) in [5, 5.41) is 12.2. The number of aromatic hydroxyl groups is 1. The van der Waals surface area contributed by atoms with E-state index < -0.39 is 0 Å². The standard InChI is InChI=1S/C17H13FN2OS/c1-11-2-7-16(21)13(8-11)9-19-17-20-15(10-22-17)12-3-5-14(18)6-4-12/h2-10,21H,1H3/b19-9+. The Morgan fingerprint density at radius 3 is 2.73 bits per heavy atom. The Morgan fingerprint density at radius 1 is 1.18 bits per heavy atom. The number of benzene rings is 2. The summed E-state index contributed by atoms with van der Waals surface area (Å²) in [5.74, 6) is -0.0863. The Morgan fingerprint density at radius 2 is 1.95 bits per heavy atom. The average Bonchev–Trinajstić information content (AvgIpc) is 2.98. The van der Waals surface area contributed by atoms with Gasteiger partial charge in [-0.25, -0.2) is 14.4 Å². The van der Waals surface area contributed by atoms with Crippen LogP contribution in [0.1, 0.15) is 11.1 Å². The first-order valence-corrected chi connectivity index (χ1v) is 7.55. The first-order chi connectivity index (χ1) is 10.6. The molecule has 3 aromatic rings. The highest BCUT2D eigenvalue weighted by Gasteiger charge is 2.04. The van der Waals surface area contributed by atoms with Gasteiger partial charge >= 0.3 is 0 Å². The van der Waals surface area contributed by atoms with Gasteiger partial charge in [0.05, 0.1) is 5.69 Å². The molecule has 3 rings (SSSR count). The van der Waals surface area contributed by atoms with Crippen LogP contribution >= 0.6 is 11.3 Å². The number of rotatable bonds is 3. The lowest BCUT2D eigenvalue weighted by Crippen LogP contribution is -1.83. The highest BCUT2D eigenvalue weighted by atomic mass is 32.1. The quantitative estimate of drug-likeness (QED) is 0.712. The summed E-state index contributed by atoms with van der Waals surface area (Å²) in [6.45, 7) is 1.95. The molecule has 1 heterocycles. The van der Waals surface area contributed by atoms with Crippen LogP contribution in [0.25, 0.3) is 11.3 Å². The van der Waals surface area contributed by atoms with Crippen LogP contribution in [0.5, 0.6) is 5.75 Å². The van der Waals surface area contributed by atoms with Gasteiger partial charge in [-0.15, -0.1) is 11.3 Å². The second kappa shape index (κ2) is 6.07. The van der Waals surface area contributed by atoms with Crippen molar-refractivity contribution in [1.29, 1.82) is 0 Å². The van der Waals surface area contributed by atoms with Gasteiger partial charge in [-0.3, -0.25) is 0 Å². The summed E-state index contributed by atoms with van der Waals surface area (Å²) in [6.07, 6.45) is 1.59. The molecule has 0 aliphatic heterocycles. The zero-order valence-electron chi connectivity index (χ0n) is 11.8. The number of thiazole rings is 1. The molecule has 22 heavy (non-hydrogen) atoms. The van der Waals surface area contributed by atoms with E-state index in [0.29, 0.717) is 10.7 Å². The fourth-order valence-electron chi connectivity index (χ4n) is 1.98. The van der Waals surface area contributed by atoms with Crippen molar-refractivity contribution >= 4 is 22.7 Å². The van der Waals surface area contributed by atoms with Gasteiger partial charge in [0.2, 0.25) is 5.13 Å². The fourth-order valence-corrected chi connectivity index (χ4v) is 2.65. The molecule has 5 heteroatoms. The zero-order valence-corrected chi connectivity index (χ0v) is 12.6. The molecule has 0 aliphatic rings. The fraction of sp³-hybridized carbons (Fsp3) is 0.0588. The summed E-state index contributed by atoms with van der Waals surface area (Å²) in [5.41, 5.74) is 3.30. The topological polar surface area (TPSA) is 45.5 Å². The molecule has 110 valence electrons. The lowest BCUT2D eigenvalue weighted by molar-refractivity contribution is 0.474. The first-order valence-electron chi connectivity index (χ1n) is 6.67. The largest absolute Gasteiger partial charge is 0.507 e. The molecule has 0 saturated carbocycles. The van der Waals surface area contributed by atoms with Crippen molar-refractivity contribution in [3.8, 4) is 17.0 Å². The van der Waals surface area contributed by atoms with E-state index in [1.54, 1.807) is 24.4 Å². The minimum Gasteiger partial charge on any atom is -0.507 e. The van der Waals surface area contributed by atoms with Gasteiger partial charge in [-0.05, 0) is 43.3 Å². The summed E-state index contributed by atoms with van der Waals surface area (Å²) in [4.78, 5) is 8.68. The average molecular weight is 312 g/mol. The van der Waals surface area contributed by atoms with Crippen LogP contribution in [-0.2, 0) is 0 Å². The van der Waals surface area contributed by atoms with E-state index in [9.17, 15) is 9.50 Å². The second-order valence-corrected chi connectivity index (χ2v) is 5.68. The van der Waals surface area contributed by atoms with E-state index in [2.05, 4.69) is 9.98 Å². The Bertz CT molecular complexity index is 825. The molecule has 1 aromatic heterocycles. The maximum atomic E-state index is 12.9. The Kier molecular flexibility index (Phi) is 3.98. The van der Waals surface area contributed by atoms with Crippen LogP contribution in [0.3, 0.4) is 0 Å². The van der Waals surface area contributed by atoms with Crippen molar-refractivity contribution in [2.75, 3.05) is 0 Å². The molecular formula is C17H13FN2OS. The number of hydrogen-bond donors (Lipinski definition) is 1. The molecule has 3 nitrogen and oxygen atoms in total. The van der Waals surface area contributed by atoms with Crippen LogP contribution in [0.2, 0.25) is 0 Å². The smallest absolute Gasteiger partial charge is 0.209 e. The van der Waals surface area contributed by atoms with Gasteiger partial charge in [0.1, 0.15) is 11.6 Å². The van der Waals surface area contributed by atoms with Crippen molar-refractivity contribution < 1.29 is 9.50 Å². The molecule has 1 N–H and O–H groups in total. The van der Waals surface area contributed by atoms with Crippen molar-refractivity contribution in [2.24, 2.45) is 4.99 Å². The van der Waals surface area contributed by atoms with Crippen molar-refractivity contribution in [3.05, 3.63) is 64.8 Å². The molecule has 0 unspecified atom stereocenters. The van der Waals surface area contributed by atoms with Crippen molar-refractivity contribution in [2.45, 2.75) is 6.92 Å². The molecule has 0 amide bonds. The van der Waals surface area contributed by atoms with E-state index in [-0.39, 0.29) is 11.6 Å². The van der Waals surface area contributed by atoms with Gasteiger partial charge < -0.3 is 5.11 Å². The van der Waals surface area contributed by atoms with E-state index in [1.165, 1.54) is 23.5 Å². The summed E-state index contributed by atoms with van der Waals surface area (Å²) >= 11 is 1.39. The maximum Gasteiger partial charge on any atom is 0.209 e. The number of aliphatic imine (C=N–C) groups is 1. The van der Waals surface area contributed by atoms with Crippen LogP contribution < -0.4 is 0 Å². The lowest BCUT2D eigenvalue weighted by Gasteiger charge is -1.99. The van der Waals surface area contributed by atoms with Gasteiger partial charge in [0, 0.05) is 22.7 Å². The molecule has 0 spiro atoms. The number of phenols is 1. The summed E-state index contributed by atoms with van der Waals surface area (Å²) in [7, 11) is 0. The van der Waals surface area contributed by atoms with Gasteiger partial charge in [-0.1, -0.05) is 11.6 Å². The van der Waals surface area contributed by atoms with Crippen LogP contribution in [0, 0.1) is 12.7 Å². The minimum atomic E-state index is -0.271. The highest BCUT2D eigenvalue weighted by molar-refractivity contribution is 7.13. The van der Waals surface area contributed by atoms with Gasteiger partial charge in [0.25, 0.3) is 0 Å². The minimum absolute atomic E-state index is 0.185. The number of aromatic nitrogens is 1. The number of aryl methyl sites for hydroxylation is 1. The molecule has 0 aliphatic carbocycles. The predicted molar refractivity (Wildman–Crippen MR) is 87.6 cm³/mol.